The molecule has 2 aromatic rings. The number of benzene rings is 1. The van der Waals surface area contributed by atoms with E-state index in [1.165, 1.54) is 0 Å². The van der Waals surface area contributed by atoms with Crippen molar-refractivity contribution in [3.63, 3.8) is 0 Å². The number of oxazole rings is 1. The summed E-state index contributed by atoms with van der Waals surface area (Å²) in [7, 11) is 0. The summed E-state index contributed by atoms with van der Waals surface area (Å²) in [6.07, 6.45) is 0.588. The fraction of sp³-hybridized carbons (Fsp3) is 0.588. The van der Waals surface area contributed by atoms with Crippen LogP contribution >= 0.6 is 0 Å². The van der Waals surface area contributed by atoms with Crippen LogP contribution in [0.1, 0.15) is 18.7 Å². The Hall–Kier alpha value is -1.50. The van der Waals surface area contributed by atoms with Crippen LogP contribution < -0.4 is 0 Å². The summed E-state index contributed by atoms with van der Waals surface area (Å²) >= 11 is 0. The quantitative estimate of drug-likeness (QED) is 0.866. The zero-order chi connectivity index (χ0) is 15.6. The highest BCUT2D eigenvalue weighted by atomic mass is 19.1. The average Bonchev–Trinajstić information content (AvgIpc) is 3.16. The smallest absolute Gasteiger partial charge is 0.221 e. The predicted octanol–water partition coefficient (Wildman–Crippen LogP) is 2.55. The molecule has 0 spiro atoms. The number of nitrogens with zero attached hydrogens (tertiary/aromatic N) is 2. The average molecular weight is 320 g/mol. The number of likely N-dealkylation sites (tertiary alicyclic amines) is 1. The van der Waals surface area contributed by atoms with Gasteiger partial charge in [0.05, 0.1) is 0 Å². The number of aromatic nitrogens is 1. The molecule has 0 amide bonds. The van der Waals surface area contributed by atoms with Gasteiger partial charge in [-0.15, -0.1) is 0 Å². The molecule has 1 aromatic carbocycles. The Balaban J connectivity index is 1.35. The molecule has 0 saturated carbocycles. The maximum Gasteiger partial charge on any atom is 0.221 e. The van der Waals surface area contributed by atoms with E-state index in [9.17, 15) is 4.39 Å². The van der Waals surface area contributed by atoms with Gasteiger partial charge >= 0.3 is 0 Å². The summed E-state index contributed by atoms with van der Waals surface area (Å²) in [6.45, 7) is 2.83. The monoisotopic (exact) mass is 320 g/mol. The zero-order valence-electron chi connectivity index (χ0n) is 13.0. The summed E-state index contributed by atoms with van der Waals surface area (Å²) in [6, 6.07) is 7.99. The molecular formula is C17H21FN2O3. The van der Waals surface area contributed by atoms with E-state index in [0.717, 1.165) is 37.2 Å². The second-order valence-electron chi connectivity index (χ2n) is 6.24. The topological polar surface area (TPSA) is 47.7 Å². The Morgan fingerprint density at radius 1 is 1.22 bits per heavy atom. The molecule has 5 nitrogen and oxygen atoms in total. The molecule has 124 valence electrons. The van der Waals surface area contributed by atoms with Gasteiger partial charge in [0.25, 0.3) is 0 Å². The summed E-state index contributed by atoms with van der Waals surface area (Å²) in [5.74, 6) is 0.503. The molecule has 1 aromatic heterocycles. The normalized spacial score (nSPS) is 27.0. The Kier molecular flexibility index (Phi) is 4.29. The first-order valence-electron chi connectivity index (χ1n) is 8.21. The van der Waals surface area contributed by atoms with Crippen LogP contribution in [0.2, 0.25) is 0 Å². The number of alkyl halides is 1. The van der Waals surface area contributed by atoms with Gasteiger partial charge in [-0.25, -0.2) is 9.37 Å². The van der Waals surface area contributed by atoms with E-state index >= 15 is 0 Å². The van der Waals surface area contributed by atoms with Crippen molar-refractivity contribution in [2.24, 2.45) is 0 Å². The second kappa shape index (κ2) is 6.55. The van der Waals surface area contributed by atoms with E-state index in [1.807, 2.05) is 24.3 Å². The van der Waals surface area contributed by atoms with Crippen LogP contribution in [0.25, 0.3) is 11.1 Å². The number of ether oxygens (including phenoxy) is 2. The summed E-state index contributed by atoms with van der Waals surface area (Å²) in [5, 5.41) is 0. The van der Waals surface area contributed by atoms with Gasteiger partial charge in [-0.2, -0.15) is 0 Å². The van der Waals surface area contributed by atoms with E-state index in [0.29, 0.717) is 25.0 Å². The molecule has 0 unspecified atom stereocenters. The Morgan fingerprint density at radius 3 is 2.87 bits per heavy atom. The number of hydrogen-bond donors (Lipinski definition) is 0. The van der Waals surface area contributed by atoms with Crippen LogP contribution in [-0.2, 0) is 16.1 Å². The highest BCUT2D eigenvalue weighted by molar-refractivity contribution is 5.72. The number of para-hydroxylation sites is 2. The second-order valence-corrected chi connectivity index (χ2v) is 6.24. The van der Waals surface area contributed by atoms with Crippen molar-refractivity contribution in [1.82, 2.24) is 9.88 Å². The molecule has 2 saturated heterocycles. The predicted molar refractivity (Wildman–Crippen MR) is 82.9 cm³/mol. The van der Waals surface area contributed by atoms with Crippen molar-refractivity contribution < 1.29 is 18.3 Å². The van der Waals surface area contributed by atoms with Gasteiger partial charge in [0.15, 0.2) is 5.58 Å². The molecule has 0 radical (unpaired) electrons. The lowest BCUT2D eigenvalue weighted by Crippen LogP contribution is -2.38. The lowest BCUT2D eigenvalue weighted by molar-refractivity contribution is -0.00227. The van der Waals surface area contributed by atoms with Gasteiger partial charge in [-0.3, -0.25) is 4.90 Å². The summed E-state index contributed by atoms with van der Waals surface area (Å²) in [4.78, 5) is 6.56. The molecular weight excluding hydrogens is 299 g/mol. The van der Waals surface area contributed by atoms with Crippen LogP contribution in [0.5, 0.6) is 0 Å². The van der Waals surface area contributed by atoms with Crippen molar-refractivity contribution in [3.05, 3.63) is 30.2 Å². The molecule has 2 fully saturated rings. The molecule has 0 bridgehead atoms. The first-order chi connectivity index (χ1) is 11.3. The minimum absolute atomic E-state index is 0.210. The number of hydrogen-bond acceptors (Lipinski definition) is 5. The van der Waals surface area contributed by atoms with Crippen molar-refractivity contribution in [2.75, 3.05) is 26.3 Å². The molecule has 6 heteroatoms. The van der Waals surface area contributed by atoms with Crippen LogP contribution in [0.15, 0.2) is 28.7 Å². The van der Waals surface area contributed by atoms with Crippen molar-refractivity contribution >= 4 is 11.1 Å². The van der Waals surface area contributed by atoms with E-state index in [4.69, 9.17) is 13.9 Å². The van der Waals surface area contributed by atoms with E-state index in [1.54, 1.807) is 0 Å². The van der Waals surface area contributed by atoms with Crippen molar-refractivity contribution in [1.29, 1.82) is 0 Å². The molecule has 2 aliphatic rings. The molecule has 3 heterocycles. The SMILES string of the molecule is F[C@@H]1CN(C2CCOCC2)C[C@@H]1OCc1nc2ccccc2o1. The Bertz CT molecular complexity index is 623. The van der Waals surface area contributed by atoms with Gasteiger partial charge in [0.1, 0.15) is 24.4 Å². The molecule has 2 aliphatic heterocycles. The number of rotatable bonds is 4. The molecule has 2 atom stereocenters. The van der Waals surface area contributed by atoms with E-state index in [2.05, 4.69) is 9.88 Å². The molecule has 23 heavy (non-hydrogen) atoms. The maximum atomic E-state index is 14.3. The van der Waals surface area contributed by atoms with Gasteiger partial charge < -0.3 is 13.9 Å². The van der Waals surface area contributed by atoms with Gasteiger partial charge in [0.2, 0.25) is 5.89 Å². The van der Waals surface area contributed by atoms with Crippen LogP contribution in [0.4, 0.5) is 4.39 Å². The number of fused-ring (bicyclic) bond motifs is 1. The molecule has 0 N–H and O–H groups in total. The third kappa shape index (κ3) is 3.24. The summed E-state index contributed by atoms with van der Waals surface area (Å²) in [5.41, 5.74) is 1.54. The highest BCUT2D eigenvalue weighted by Crippen LogP contribution is 2.25. The van der Waals surface area contributed by atoms with Gasteiger partial charge in [-0.1, -0.05) is 12.1 Å². The third-order valence-electron chi connectivity index (χ3n) is 4.69. The fourth-order valence-electron chi connectivity index (χ4n) is 3.43. The molecule has 4 rings (SSSR count). The maximum absolute atomic E-state index is 14.3. The standard InChI is InChI=1S/C17H21FN2O3/c18-13-9-20(12-5-7-21-8-6-12)10-16(13)22-11-17-19-14-3-1-2-4-15(14)23-17/h1-4,12-13,16H,5-11H2/t13-,16+/m1/s1. The van der Waals surface area contributed by atoms with Crippen LogP contribution in [-0.4, -0.2) is 54.5 Å². The van der Waals surface area contributed by atoms with Crippen LogP contribution in [0, 0.1) is 0 Å². The van der Waals surface area contributed by atoms with E-state index < -0.39 is 12.3 Å². The van der Waals surface area contributed by atoms with Crippen LogP contribution in [0.3, 0.4) is 0 Å². The van der Waals surface area contributed by atoms with Crippen molar-refractivity contribution in [3.8, 4) is 0 Å². The lowest BCUT2D eigenvalue weighted by atomic mass is 10.1. The minimum Gasteiger partial charge on any atom is -0.438 e. The highest BCUT2D eigenvalue weighted by Gasteiger charge is 2.37. The summed E-state index contributed by atoms with van der Waals surface area (Å²) < 4.78 is 31.0. The first-order valence-corrected chi connectivity index (χ1v) is 8.21. The fourth-order valence-corrected chi connectivity index (χ4v) is 3.43. The largest absolute Gasteiger partial charge is 0.438 e. The third-order valence-corrected chi connectivity index (χ3v) is 4.69. The van der Waals surface area contributed by atoms with Gasteiger partial charge in [0, 0.05) is 32.3 Å². The Morgan fingerprint density at radius 2 is 2.04 bits per heavy atom. The van der Waals surface area contributed by atoms with Crippen molar-refractivity contribution in [2.45, 2.75) is 37.8 Å². The first kappa shape index (κ1) is 15.1. The van der Waals surface area contributed by atoms with Gasteiger partial charge in [-0.05, 0) is 25.0 Å². The zero-order valence-corrected chi connectivity index (χ0v) is 13.0. The minimum atomic E-state index is -0.956. The van der Waals surface area contributed by atoms with E-state index in [-0.39, 0.29) is 6.61 Å². The Labute approximate surface area is 134 Å². The number of halogens is 1. The lowest BCUT2D eigenvalue weighted by Gasteiger charge is -2.30. The molecule has 0 aliphatic carbocycles.